The molecule has 2 rings (SSSR count). The van der Waals surface area contributed by atoms with Crippen LogP contribution in [0.2, 0.25) is 0 Å². The first kappa shape index (κ1) is 7.90. The Labute approximate surface area is 74.8 Å². The molecular weight excluding hydrogens is 146 g/mol. The summed E-state index contributed by atoms with van der Waals surface area (Å²) in [5, 5.41) is 0. The summed E-state index contributed by atoms with van der Waals surface area (Å²) in [7, 11) is 2.22. The Kier molecular flexibility index (Phi) is 2.20. The zero-order valence-corrected chi connectivity index (χ0v) is 7.84. The third kappa shape index (κ3) is 1.40. The van der Waals surface area contributed by atoms with Gasteiger partial charge in [-0.15, -0.1) is 0 Å². The Morgan fingerprint density at radius 2 is 1.50 bits per heavy atom. The second kappa shape index (κ2) is 3.34. The number of rotatable bonds is 2. The molecule has 1 nitrogen and oxygen atoms in total. The van der Waals surface area contributed by atoms with Crippen molar-refractivity contribution in [1.82, 2.24) is 4.90 Å². The average molecular weight is 163 g/mol. The van der Waals surface area contributed by atoms with Gasteiger partial charge in [0, 0.05) is 18.4 Å². The van der Waals surface area contributed by atoms with Crippen LogP contribution in [0, 0.1) is 0 Å². The maximum atomic E-state index is 2.40. The highest BCUT2D eigenvalue weighted by atomic mass is 15.1. The SMILES string of the molecule is CN(C1=CCCC1)C1=CCCC1. The van der Waals surface area contributed by atoms with Crippen molar-refractivity contribution in [3.05, 3.63) is 23.5 Å². The lowest BCUT2D eigenvalue weighted by Gasteiger charge is -2.21. The first-order valence-electron chi connectivity index (χ1n) is 5.00. The summed E-state index contributed by atoms with van der Waals surface area (Å²) >= 11 is 0. The van der Waals surface area contributed by atoms with Crippen LogP contribution in [0.3, 0.4) is 0 Å². The molecule has 0 bridgehead atoms. The minimum Gasteiger partial charge on any atom is -0.352 e. The Bertz CT molecular complexity index is 201. The molecule has 0 aromatic carbocycles. The summed E-state index contributed by atoms with van der Waals surface area (Å²) in [6.45, 7) is 0. The fraction of sp³-hybridized carbons (Fsp3) is 0.636. The number of nitrogens with zero attached hydrogens (tertiary/aromatic N) is 1. The summed E-state index contributed by atoms with van der Waals surface area (Å²) in [4.78, 5) is 2.40. The van der Waals surface area contributed by atoms with Gasteiger partial charge in [-0.3, -0.25) is 0 Å². The van der Waals surface area contributed by atoms with Crippen molar-refractivity contribution >= 4 is 0 Å². The lowest BCUT2D eigenvalue weighted by molar-refractivity contribution is 0.488. The van der Waals surface area contributed by atoms with Crippen LogP contribution in [0.1, 0.15) is 38.5 Å². The molecular formula is C11H17N. The van der Waals surface area contributed by atoms with Crippen LogP contribution < -0.4 is 0 Å². The standard InChI is InChI=1S/C11H17N/c1-12(10-6-2-3-7-10)11-8-4-5-9-11/h6,8H,2-5,7,9H2,1H3. The van der Waals surface area contributed by atoms with Gasteiger partial charge in [-0.25, -0.2) is 0 Å². The molecule has 0 heterocycles. The van der Waals surface area contributed by atoms with E-state index in [4.69, 9.17) is 0 Å². The van der Waals surface area contributed by atoms with Crippen LogP contribution in [-0.4, -0.2) is 11.9 Å². The number of allylic oxidation sites excluding steroid dienone is 4. The van der Waals surface area contributed by atoms with Gasteiger partial charge in [0.1, 0.15) is 0 Å². The topological polar surface area (TPSA) is 3.24 Å². The van der Waals surface area contributed by atoms with Gasteiger partial charge in [-0.05, 0) is 38.5 Å². The third-order valence-electron chi connectivity index (χ3n) is 2.90. The predicted molar refractivity (Wildman–Crippen MR) is 51.6 cm³/mol. The first-order valence-corrected chi connectivity index (χ1v) is 5.00. The van der Waals surface area contributed by atoms with E-state index in [2.05, 4.69) is 24.1 Å². The van der Waals surface area contributed by atoms with Crippen LogP contribution in [-0.2, 0) is 0 Å². The second-order valence-corrected chi connectivity index (χ2v) is 3.73. The molecule has 0 spiro atoms. The van der Waals surface area contributed by atoms with E-state index in [1.807, 2.05) is 0 Å². The summed E-state index contributed by atoms with van der Waals surface area (Å²) in [5.74, 6) is 0. The van der Waals surface area contributed by atoms with E-state index in [9.17, 15) is 0 Å². The van der Waals surface area contributed by atoms with Gasteiger partial charge in [0.15, 0.2) is 0 Å². The smallest absolute Gasteiger partial charge is 0.0134 e. The summed E-state index contributed by atoms with van der Waals surface area (Å²) < 4.78 is 0. The van der Waals surface area contributed by atoms with Gasteiger partial charge in [0.25, 0.3) is 0 Å². The highest BCUT2D eigenvalue weighted by Gasteiger charge is 2.14. The molecule has 2 aliphatic carbocycles. The fourth-order valence-corrected chi connectivity index (χ4v) is 2.10. The van der Waals surface area contributed by atoms with Crippen LogP contribution in [0.4, 0.5) is 0 Å². The molecule has 66 valence electrons. The molecule has 0 fully saturated rings. The maximum Gasteiger partial charge on any atom is 0.0134 e. The van der Waals surface area contributed by atoms with Gasteiger partial charge in [-0.1, -0.05) is 12.2 Å². The van der Waals surface area contributed by atoms with E-state index in [0.717, 1.165) is 0 Å². The van der Waals surface area contributed by atoms with Crippen LogP contribution in [0.25, 0.3) is 0 Å². The average Bonchev–Trinajstić information content (AvgIpc) is 2.77. The molecule has 0 radical (unpaired) electrons. The lowest BCUT2D eigenvalue weighted by atomic mass is 10.2. The highest BCUT2D eigenvalue weighted by molar-refractivity contribution is 5.17. The molecule has 0 unspecified atom stereocenters. The van der Waals surface area contributed by atoms with E-state index in [1.165, 1.54) is 38.5 Å². The minimum absolute atomic E-state index is 1.28. The molecule has 0 saturated heterocycles. The second-order valence-electron chi connectivity index (χ2n) is 3.73. The molecule has 12 heavy (non-hydrogen) atoms. The highest BCUT2D eigenvalue weighted by Crippen LogP contribution is 2.28. The van der Waals surface area contributed by atoms with Gasteiger partial charge in [-0.2, -0.15) is 0 Å². The monoisotopic (exact) mass is 163 g/mol. The van der Waals surface area contributed by atoms with Gasteiger partial charge >= 0.3 is 0 Å². The van der Waals surface area contributed by atoms with Crippen molar-refractivity contribution in [2.45, 2.75) is 38.5 Å². The molecule has 0 atom stereocenters. The predicted octanol–water partition coefficient (Wildman–Crippen LogP) is 3.05. The third-order valence-corrected chi connectivity index (χ3v) is 2.90. The Morgan fingerprint density at radius 1 is 1.00 bits per heavy atom. The van der Waals surface area contributed by atoms with Crippen molar-refractivity contribution < 1.29 is 0 Å². The summed E-state index contributed by atoms with van der Waals surface area (Å²) in [6.07, 6.45) is 12.6. The van der Waals surface area contributed by atoms with Crippen molar-refractivity contribution in [2.75, 3.05) is 7.05 Å². The van der Waals surface area contributed by atoms with Crippen LogP contribution >= 0.6 is 0 Å². The van der Waals surface area contributed by atoms with Crippen molar-refractivity contribution in [1.29, 1.82) is 0 Å². The van der Waals surface area contributed by atoms with Gasteiger partial charge in [0.2, 0.25) is 0 Å². The molecule has 0 N–H and O–H groups in total. The van der Waals surface area contributed by atoms with E-state index in [1.54, 1.807) is 11.4 Å². The Hall–Kier alpha value is -0.720. The summed E-state index contributed by atoms with van der Waals surface area (Å²) in [6, 6.07) is 0. The van der Waals surface area contributed by atoms with Crippen molar-refractivity contribution in [3.63, 3.8) is 0 Å². The zero-order valence-electron chi connectivity index (χ0n) is 7.84. The van der Waals surface area contributed by atoms with Crippen molar-refractivity contribution in [2.24, 2.45) is 0 Å². The first-order chi connectivity index (χ1) is 5.88. The number of hydrogen-bond acceptors (Lipinski definition) is 1. The molecule has 0 amide bonds. The van der Waals surface area contributed by atoms with E-state index in [-0.39, 0.29) is 0 Å². The molecule has 0 aliphatic heterocycles. The van der Waals surface area contributed by atoms with Crippen molar-refractivity contribution in [3.8, 4) is 0 Å². The summed E-state index contributed by atoms with van der Waals surface area (Å²) in [5.41, 5.74) is 3.09. The lowest BCUT2D eigenvalue weighted by Crippen LogP contribution is -2.14. The zero-order chi connectivity index (χ0) is 8.39. The largest absolute Gasteiger partial charge is 0.352 e. The van der Waals surface area contributed by atoms with Gasteiger partial charge < -0.3 is 4.90 Å². The quantitative estimate of drug-likeness (QED) is 0.604. The molecule has 0 aromatic heterocycles. The Balaban J connectivity index is 2.03. The fourth-order valence-electron chi connectivity index (χ4n) is 2.10. The minimum atomic E-state index is 1.28. The number of hydrogen-bond donors (Lipinski definition) is 0. The van der Waals surface area contributed by atoms with Crippen LogP contribution in [0.5, 0.6) is 0 Å². The van der Waals surface area contributed by atoms with E-state index in [0.29, 0.717) is 0 Å². The molecule has 0 saturated carbocycles. The van der Waals surface area contributed by atoms with E-state index >= 15 is 0 Å². The van der Waals surface area contributed by atoms with E-state index < -0.39 is 0 Å². The Morgan fingerprint density at radius 3 is 1.83 bits per heavy atom. The van der Waals surface area contributed by atoms with Gasteiger partial charge in [0.05, 0.1) is 0 Å². The molecule has 2 aliphatic rings. The molecule has 0 aromatic rings. The maximum absolute atomic E-state index is 2.40. The molecule has 1 heteroatoms. The van der Waals surface area contributed by atoms with Crippen LogP contribution in [0.15, 0.2) is 23.5 Å². The normalized spacial score (nSPS) is 22.4.